The largest absolute Gasteiger partial charge is 0.460 e. The first-order valence-corrected chi connectivity index (χ1v) is 6.36. The number of alkyl carbamates (subject to hydrolysis) is 1. The fraction of sp³-hybridized carbons (Fsp3) is 0.615. The fourth-order valence-corrected chi connectivity index (χ4v) is 1.35. The molecule has 1 amide bonds. The summed E-state index contributed by atoms with van der Waals surface area (Å²) < 4.78 is 14.8. The van der Waals surface area contributed by atoms with Gasteiger partial charge in [0, 0.05) is 6.07 Å². The summed E-state index contributed by atoms with van der Waals surface area (Å²) in [4.78, 5) is 23.0. The summed E-state index contributed by atoms with van der Waals surface area (Å²) in [6, 6.07) is 0.983. The average molecular weight is 284 g/mol. The smallest absolute Gasteiger partial charge is 0.408 e. The molecule has 1 aromatic heterocycles. The van der Waals surface area contributed by atoms with Crippen LogP contribution in [0.2, 0.25) is 0 Å². The third kappa shape index (κ3) is 4.91. The number of carbonyl (C=O) groups excluding carboxylic acids is 2. The molecule has 1 aromatic rings. The zero-order chi connectivity index (χ0) is 15.3. The van der Waals surface area contributed by atoms with Crippen molar-refractivity contribution in [1.29, 1.82) is 0 Å². The molecule has 1 unspecified atom stereocenters. The van der Waals surface area contributed by atoms with Crippen molar-refractivity contribution >= 4 is 12.1 Å². The molecule has 0 spiro atoms. The van der Waals surface area contributed by atoms with E-state index in [0.29, 0.717) is 5.69 Å². The van der Waals surface area contributed by atoms with Crippen molar-refractivity contribution in [2.45, 2.75) is 46.3 Å². The number of esters is 1. The van der Waals surface area contributed by atoms with Crippen LogP contribution in [0, 0.1) is 0 Å². The van der Waals surface area contributed by atoms with Gasteiger partial charge in [0.1, 0.15) is 11.3 Å². The molecule has 20 heavy (non-hydrogen) atoms. The van der Waals surface area contributed by atoms with Crippen molar-refractivity contribution in [3.8, 4) is 0 Å². The van der Waals surface area contributed by atoms with Gasteiger partial charge in [0.25, 0.3) is 0 Å². The Morgan fingerprint density at radius 2 is 2.10 bits per heavy atom. The van der Waals surface area contributed by atoms with Crippen LogP contribution in [-0.4, -0.2) is 29.4 Å². The number of rotatable bonds is 4. The topological polar surface area (TPSA) is 90.7 Å². The third-order valence-corrected chi connectivity index (χ3v) is 2.18. The van der Waals surface area contributed by atoms with Crippen LogP contribution in [0.3, 0.4) is 0 Å². The predicted molar refractivity (Wildman–Crippen MR) is 70.2 cm³/mol. The first-order chi connectivity index (χ1) is 9.23. The molecule has 0 saturated heterocycles. The molecule has 112 valence electrons. The quantitative estimate of drug-likeness (QED) is 0.854. The van der Waals surface area contributed by atoms with E-state index in [2.05, 4.69) is 10.5 Å². The lowest BCUT2D eigenvalue weighted by atomic mass is 10.2. The predicted octanol–water partition coefficient (Wildman–Crippen LogP) is 2.44. The highest BCUT2D eigenvalue weighted by molar-refractivity contribution is 5.86. The molecule has 1 rings (SSSR count). The summed E-state index contributed by atoms with van der Waals surface area (Å²) in [5.41, 5.74) is -0.164. The Hall–Kier alpha value is -2.05. The van der Waals surface area contributed by atoms with Crippen LogP contribution in [0.1, 0.15) is 56.9 Å². The van der Waals surface area contributed by atoms with Crippen LogP contribution in [0.25, 0.3) is 0 Å². The summed E-state index contributed by atoms with van der Waals surface area (Å²) in [6.07, 6.45) is -0.564. The van der Waals surface area contributed by atoms with Crippen LogP contribution < -0.4 is 5.32 Å². The minimum absolute atomic E-state index is 0.000288. The molecule has 0 radical (unpaired) electrons. The van der Waals surface area contributed by atoms with E-state index in [0.717, 1.165) is 0 Å². The van der Waals surface area contributed by atoms with Gasteiger partial charge in [-0.2, -0.15) is 0 Å². The summed E-state index contributed by atoms with van der Waals surface area (Å²) in [5.74, 6) is -0.588. The summed E-state index contributed by atoms with van der Waals surface area (Å²) in [6.45, 7) is 8.96. The van der Waals surface area contributed by atoms with Crippen LogP contribution in [0.15, 0.2) is 10.6 Å². The highest BCUT2D eigenvalue weighted by Crippen LogP contribution is 2.15. The molecule has 1 heterocycles. The Balaban J connectivity index is 2.62. The maximum Gasteiger partial charge on any atom is 0.408 e. The monoisotopic (exact) mass is 284 g/mol. The lowest BCUT2D eigenvalue weighted by molar-refractivity contribution is 0.0473. The summed E-state index contributed by atoms with van der Waals surface area (Å²) in [5, 5.41) is 6.32. The average Bonchev–Trinajstić information content (AvgIpc) is 2.75. The van der Waals surface area contributed by atoms with E-state index in [1.807, 2.05) is 0 Å². The number of ether oxygens (including phenoxy) is 2. The third-order valence-electron chi connectivity index (χ3n) is 2.18. The molecular weight excluding hydrogens is 264 g/mol. The van der Waals surface area contributed by atoms with Gasteiger partial charge in [0.05, 0.1) is 12.6 Å². The number of carbonyl (C=O) groups is 2. The fourth-order valence-electron chi connectivity index (χ4n) is 1.35. The first-order valence-electron chi connectivity index (χ1n) is 6.36. The van der Waals surface area contributed by atoms with Gasteiger partial charge in [-0.1, -0.05) is 5.16 Å². The SMILES string of the molecule is CCOC(=O)c1cc(C(C)NC(=O)OC(C)(C)C)no1. The van der Waals surface area contributed by atoms with Gasteiger partial charge in [0.2, 0.25) is 5.76 Å². The van der Waals surface area contributed by atoms with Crippen LogP contribution in [0.5, 0.6) is 0 Å². The van der Waals surface area contributed by atoms with Gasteiger partial charge in [-0.15, -0.1) is 0 Å². The molecule has 1 atom stereocenters. The van der Waals surface area contributed by atoms with Gasteiger partial charge in [-0.3, -0.25) is 0 Å². The molecule has 0 aliphatic heterocycles. The van der Waals surface area contributed by atoms with Crippen molar-refractivity contribution in [3.05, 3.63) is 17.5 Å². The summed E-state index contributed by atoms with van der Waals surface area (Å²) >= 11 is 0. The molecular formula is C13H20N2O5. The van der Waals surface area contributed by atoms with Crippen molar-refractivity contribution < 1.29 is 23.6 Å². The van der Waals surface area contributed by atoms with Crippen molar-refractivity contribution in [1.82, 2.24) is 10.5 Å². The highest BCUT2D eigenvalue weighted by Gasteiger charge is 2.21. The lowest BCUT2D eigenvalue weighted by Crippen LogP contribution is -2.34. The Kier molecular flexibility index (Phi) is 5.12. The second-order valence-corrected chi connectivity index (χ2v) is 5.20. The van der Waals surface area contributed by atoms with Gasteiger partial charge in [-0.05, 0) is 34.6 Å². The molecule has 0 bridgehead atoms. The van der Waals surface area contributed by atoms with E-state index in [-0.39, 0.29) is 12.4 Å². The van der Waals surface area contributed by atoms with Gasteiger partial charge in [-0.25, -0.2) is 9.59 Å². The molecule has 7 nitrogen and oxygen atoms in total. The zero-order valence-electron chi connectivity index (χ0n) is 12.4. The van der Waals surface area contributed by atoms with Gasteiger partial charge >= 0.3 is 12.1 Å². The van der Waals surface area contributed by atoms with Crippen molar-refractivity contribution in [2.75, 3.05) is 6.61 Å². The number of nitrogens with one attached hydrogen (secondary N) is 1. The number of nitrogens with zero attached hydrogens (tertiary/aromatic N) is 1. The second-order valence-electron chi connectivity index (χ2n) is 5.20. The number of hydrogen-bond acceptors (Lipinski definition) is 6. The molecule has 0 aliphatic rings. The minimum Gasteiger partial charge on any atom is -0.460 e. The number of hydrogen-bond donors (Lipinski definition) is 1. The molecule has 0 aromatic carbocycles. The number of aromatic nitrogens is 1. The number of amides is 1. The normalized spacial score (nSPS) is 12.7. The molecule has 7 heteroatoms. The Labute approximate surface area is 117 Å². The first kappa shape index (κ1) is 16.0. The maximum atomic E-state index is 11.6. The van der Waals surface area contributed by atoms with E-state index in [9.17, 15) is 9.59 Å². The standard InChI is InChI=1S/C13H20N2O5/c1-6-18-11(16)10-7-9(15-20-10)8(2)14-12(17)19-13(3,4)5/h7-8H,6H2,1-5H3,(H,14,17). The van der Waals surface area contributed by atoms with E-state index in [1.165, 1.54) is 6.07 Å². The van der Waals surface area contributed by atoms with Gasteiger partial charge in [0.15, 0.2) is 0 Å². The summed E-state index contributed by atoms with van der Waals surface area (Å²) in [7, 11) is 0. The van der Waals surface area contributed by atoms with E-state index in [1.54, 1.807) is 34.6 Å². The minimum atomic E-state index is -0.587. The zero-order valence-corrected chi connectivity index (χ0v) is 12.4. The molecule has 0 aliphatic carbocycles. The van der Waals surface area contributed by atoms with E-state index in [4.69, 9.17) is 14.0 Å². The van der Waals surface area contributed by atoms with Crippen LogP contribution in [0.4, 0.5) is 4.79 Å². The highest BCUT2D eigenvalue weighted by atomic mass is 16.6. The van der Waals surface area contributed by atoms with E-state index >= 15 is 0 Å². The Morgan fingerprint density at radius 3 is 2.65 bits per heavy atom. The Morgan fingerprint density at radius 1 is 1.45 bits per heavy atom. The molecule has 1 N–H and O–H groups in total. The van der Waals surface area contributed by atoms with Crippen molar-refractivity contribution in [2.24, 2.45) is 0 Å². The van der Waals surface area contributed by atoms with Crippen molar-refractivity contribution in [3.63, 3.8) is 0 Å². The van der Waals surface area contributed by atoms with Gasteiger partial charge < -0.3 is 19.3 Å². The lowest BCUT2D eigenvalue weighted by Gasteiger charge is -2.21. The van der Waals surface area contributed by atoms with Crippen LogP contribution >= 0.6 is 0 Å². The van der Waals surface area contributed by atoms with E-state index < -0.39 is 23.7 Å². The maximum absolute atomic E-state index is 11.6. The second kappa shape index (κ2) is 6.40. The Bertz CT molecular complexity index is 475. The molecule has 0 fully saturated rings. The van der Waals surface area contributed by atoms with Crippen LogP contribution in [-0.2, 0) is 9.47 Å². The molecule has 0 saturated carbocycles.